The second kappa shape index (κ2) is 15.0. The number of fused-ring (bicyclic) bond motifs is 9. The summed E-state index contributed by atoms with van der Waals surface area (Å²) in [6.07, 6.45) is 0. The van der Waals surface area contributed by atoms with E-state index in [-0.39, 0.29) is 0 Å². The molecule has 0 bridgehead atoms. The van der Waals surface area contributed by atoms with Gasteiger partial charge in [-0.2, -0.15) is 5.26 Å². The fourth-order valence-electron chi connectivity index (χ4n) is 9.97. The highest BCUT2D eigenvalue weighted by Crippen LogP contribution is 2.44. The van der Waals surface area contributed by atoms with Crippen LogP contribution in [0.5, 0.6) is 0 Å². The SMILES string of the molecule is [C-]#[N+]c1ccc(-c2nc(-c3ccc(C#N)cc3)nc(-c3cc(-n4c5ccccc5c5ccccc54)c(-n4c5ccccc5c5ccccc54)c(-n4c5ccccc5c5ccccc54)c3)n2)cc1. The minimum atomic E-state index is 0.460. The van der Waals surface area contributed by atoms with E-state index in [1.54, 1.807) is 24.3 Å². The highest BCUT2D eigenvalue weighted by Gasteiger charge is 2.27. The van der Waals surface area contributed by atoms with E-state index in [0.29, 0.717) is 28.7 Å². The van der Waals surface area contributed by atoms with E-state index >= 15 is 0 Å². The minimum absolute atomic E-state index is 0.460. The second-order valence-corrected chi connectivity index (χ2v) is 16.6. The van der Waals surface area contributed by atoms with Gasteiger partial charge in [-0.05, 0) is 72.8 Å². The van der Waals surface area contributed by atoms with E-state index in [1.165, 1.54) is 0 Å². The summed E-state index contributed by atoms with van der Waals surface area (Å²) in [5, 5.41) is 16.6. The smallest absolute Gasteiger partial charge is 0.187 e. The van der Waals surface area contributed by atoms with Crippen molar-refractivity contribution in [3.8, 4) is 57.3 Å². The Labute approximate surface area is 384 Å². The number of aromatic nitrogens is 6. The van der Waals surface area contributed by atoms with Crippen molar-refractivity contribution in [3.63, 3.8) is 0 Å². The highest BCUT2D eigenvalue weighted by molar-refractivity contribution is 6.14. The van der Waals surface area contributed by atoms with Gasteiger partial charge in [-0.1, -0.05) is 133 Å². The lowest BCUT2D eigenvalue weighted by molar-refractivity contribution is 1.04. The molecule has 0 amide bonds. The molecular formula is C59H34N8. The molecule has 0 N–H and O–H groups in total. The molecule has 310 valence electrons. The van der Waals surface area contributed by atoms with Gasteiger partial charge in [0, 0.05) is 49.0 Å². The summed E-state index contributed by atoms with van der Waals surface area (Å²) < 4.78 is 7.24. The Kier molecular flexibility index (Phi) is 8.48. The van der Waals surface area contributed by atoms with Gasteiger partial charge < -0.3 is 13.7 Å². The van der Waals surface area contributed by atoms with Crippen LogP contribution in [0.25, 0.3) is 121 Å². The van der Waals surface area contributed by atoms with Crippen molar-refractivity contribution in [3.05, 3.63) is 223 Å². The van der Waals surface area contributed by atoms with E-state index in [1.807, 2.05) is 24.3 Å². The average molecular weight is 855 g/mol. The Morgan fingerprint density at radius 3 is 1.03 bits per heavy atom. The maximum absolute atomic E-state index is 9.69. The molecule has 9 aromatic carbocycles. The number of hydrogen-bond acceptors (Lipinski definition) is 4. The Hall–Kier alpha value is -9.63. The predicted octanol–water partition coefficient (Wildman–Crippen LogP) is 14.6. The first-order valence-corrected chi connectivity index (χ1v) is 22.0. The summed E-state index contributed by atoms with van der Waals surface area (Å²) >= 11 is 0. The van der Waals surface area contributed by atoms with Crippen LogP contribution in [-0.2, 0) is 0 Å². The number of rotatable bonds is 6. The van der Waals surface area contributed by atoms with Gasteiger partial charge in [0.05, 0.1) is 68.4 Å². The molecule has 0 saturated carbocycles. The molecule has 0 spiro atoms. The van der Waals surface area contributed by atoms with Crippen molar-refractivity contribution < 1.29 is 0 Å². The quantitative estimate of drug-likeness (QED) is 0.156. The first-order chi connectivity index (χ1) is 33.1. The predicted molar refractivity (Wildman–Crippen MR) is 270 cm³/mol. The molecule has 0 aliphatic heterocycles. The summed E-state index contributed by atoms with van der Waals surface area (Å²) in [6.45, 7) is 7.62. The average Bonchev–Trinajstić information content (AvgIpc) is 4.04. The Morgan fingerprint density at radius 1 is 0.373 bits per heavy atom. The van der Waals surface area contributed by atoms with Crippen LogP contribution in [0.3, 0.4) is 0 Å². The zero-order chi connectivity index (χ0) is 44.6. The van der Waals surface area contributed by atoms with Crippen LogP contribution >= 0.6 is 0 Å². The van der Waals surface area contributed by atoms with Crippen molar-refractivity contribution in [2.24, 2.45) is 0 Å². The lowest BCUT2D eigenvalue weighted by Crippen LogP contribution is -2.10. The topological polar surface area (TPSA) is 81.6 Å². The van der Waals surface area contributed by atoms with Crippen LogP contribution in [0.15, 0.2) is 206 Å². The number of benzene rings is 9. The lowest BCUT2D eigenvalue weighted by Gasteiger charge is -2.23. The summed E-state index contributed by atoms with van der Waals surface area (Å²) in [4.78, 5) is 19.3. The number of para-hydroxylation sites is 6. The first kappa shape index (κ1) is 37.9. The maximum Gasteiger partial charge on any atom is 0.187 e. The molecule has 4 aromatic heterocycles. The molecule has 13 aromatic rings. The Morgan fingerprint density at radius 2 is 0.687 bits per heavy atom. The molecule has 8 nitrogen and oxygen atoms in total. The van der Waals surface area contributed by atoms with Gasteiger partial charge in [-0.15, -0.1) is 0 Å². The van der Waals surface area contributed by atoms with Gasteiger partial charge in [0.15, 0.2) is 23.2 Å². The fourth-order valence-corrected chi connectivity index (χ4v) is 9.97. The van der Waals surface area contributed by atoms with Crippen LogP contribution in [0.2, 0.25) is 0 Å². The molecular weight excluding hydrogens is 821 g/mol. The van der Waals surface area contributed by atoms with Gasteiger partial charge in [0.25, 0.3) is 0 Å². The summed E-state index contributed by atoms with van der Waals surface area (Å²) in [6, 6.07) is 73.2. The number of nitriles is 1. The molecule has 0 saturated heterocycles. The molecule has 13 rings (SSSR count). The van der Waals surface area contributed by atoms with Crippen LogP contribution in [-0.4, -0.2) is 28.7 Å². The summed E-state index contributed by atoms with van der Waals surface area (Å²) in [7, 11) is 0. The van der Waals surface area contributed by atoms with Crippen LogP contribution in [0.4, 0.5) is 5.69 Å². The Bertz CT molecular complexity index is 3860. The highest BCUT2D eigenvalue weighted by atomic mass is 15.1. The van der Waals surface area contributed by atoms with Crippen molar-refractivity contribution in [2.75, 3.05) is 0 Å². The van der Waals surface area contributed by atoms with E-state index in [0.717, 1.165) is 99.2 Å². The third kappa shape index (κ3) is 5.88. The number of nitrogens with zero attached hydrogens (tertiary/aromatic N) is 8. The lowest BCUT2D eigenvalue weighted by atomic mass is 10.1. The standard InChI is InChI=1S/C59H34N8/c1-61-41-32-30-39(31-33-41)58-62-57(38-28-26-37(36-60)27-29-38)63-59(64-58)40-34-54(65-48-20-8-2-14-42(48)43-15-3-9-21-49(43)65)56(67-52-24-12-6-18-46(52)47-19-7-13-25-53(47)67)55(35-40)66-50-22-10-4-16-44(50)45-17-5-11-23-51(45)66/h2-35H. The number of hydrogen-bond donors (Lipinski definition) is 0. The van der Waals surface area contributed by atoms with Crippen LogP contribution in [0, 0.1) is 17.9 Å². The van der Waals surface area contributed by atoms with E-state index in [4.69, 9.17) is 21.5 Å². The molecule has 8 heteroatoms. The normalized spacial score (nSPS) is 11.6. The van der Waals surface area contributed by atoms with Gasteiger partial charge in [0.1, 0.15) is 0 Å². The molecule has 0 radical (unpaired) electrons. The van der Waals surface area contributed by atoms with Gasteiger partial charge in [0.2, 0.25) is 0 Å². The molecule has 0 atom stereocenters. The molecule has 0 fully saturated rings. The zero-order valence-electron chi connectivity index (χ0n) is 35.7. The Balaban J connectivity index is 1.24. The van der Waals surface area contributed by atoms with E-state index < -0.39 is 0 Å². The van der Waals surface area contributed by atoms with E-state index in [2.05, 4.69) is 182 Å². The fraction of sp³-hybridized carbons (Fsp3) is 0. The van der Waals surface area contributed by atoms with Crippen LogP contribution < -0.4 is 0 Å². The zero-order valence-corrected chi connectivity index (χ0v) is 35.7. The van der Waals surface area contributed by atoms with Crippen molar-refractivity contribution in [1.82, 2.24) is 28.7 Å². The first-order valence-electron chi connectivity index (χ1n) is 22.0. The molecule has 67 heavy (non-hydrogen) atoms. The largest absolute Gasteiger partial charge is 0.307 e. The molecule has 0 unspecified atom stereocenters. The second-order valence-electron chi connectivity index (χ2n) is 16.6. The van der Waals surface area contributed by atoms with Crippen molar-refractivity contribution in [1.29, 1.82) is 5.26 Å². The van der Waals surface area contributed by atoms with Gasteiger partial charge in [-0.25, -0.2) is 19.8 Å². The monoisotopic (exact) mass is 854 g/mol. The van der Waals surface area contributed by atoms with Gasteiger partial charge >= 0.3 is 0 Å². The molecule has 0 aliphatic rings. The van der Waals surface area contributed by atoms with E-state index in [9.17, 15) is 5.26 Å². The van der Waals surface area contributed by atoms with Gasteiger partial charge in [-0.3, -0.25) is 0 Å². The van der Waals surface area contributed by atoms with Crippen LogP contribution in [0.1, 0.15) is 5.56 Å². The molecule has 4 heterocycles. The maximum atomic E-state index is 9.69. The van der Waals surface area contributed by atoms with Crippen molar-refractivity contribution >= 4 is 71.1 Å². The third-order valence-corrected chi connectivity index (χ3v) is 12.9. The summed E-state index contributed by atoms with van der Waals surface area (Å²) in [5.74, 6) is 1.39. The third-order valence-electron chi connectivity index (χ3n) is 12.9. The molecule has 0 aliphatic carbocycles. The minimum Gasteiger partial charge on any atom is -0.307 e. The van der Waals surface area contributed by atoms with Crippen molar-refractivity contribution in [2.45, 2.75) is 0 Å². The summed E-state index contributed by atoms with van der Waals surface area (Å²) in [5.41, 5.74) is 12.6.